The summed E-state index contributed by atoms with van der Waals surface area (Å²) >= 11 is 3.29. The van der Waals surface area contributed by atoms with Crippen LogP contribution in [0.15, 0.2) is 34.8 Å². The third-order valence-electron chi connectivity index (χ3n) is 5.12. The fraction of sp³-hybridized carbons (Fsp3) is 0.524. The van der Waals surface area contributed by atoms with Crippen LogP contribution in [0.3, 0.4) is 0 Å². The van der Waals surface area contributed by atoms with E-state index < -0.39 is 0 Å². The minimum atomic E-state index is 0.0938. The fourth-order valence-electron chi connectivity index (χ4n) is 3.63. The quantitative estimate of drug-likeness (QED) is 0.387. The van der Waals surface area contributed by atoms with E-state index in [9.17, 15) is 4.79 Å². The van der Waals surface area contributed by atoms with Crippen molar-refractivity contribution in [1.29, 1.82) is 0 Å². The van der Waals surface area contributed by atoms with Gasteiger partial charge in [-0.15, -0.1) is 17.9 Å². The van der Waals surface area contributed by atoms with Gasteiger partial charge in [0.25, 0.3) is 5.56 Å². The van der Waals surface area contributed by atoms with E-state index >= 15 is 0 Å². The highest BCUT2D eigenvalue weighted by atomic mass is 32.2. The molecule has 140 valence electrons. The van der Waals surface area contributed by atoms with Crippen LogP contribution in [0.5, 0.6) is 0 Å². The summed E-state index contributed by atoms with van der Waals surface area (Å²) in [6.45, 7) is 17.2. The van der Waals surface area contributed by atoms with Gasteiger partial charge in [-0.25, -0.2) is 4.98 Å². The van der Waals surface area contributed by atoms with Gasteiger partial charge in [0.05, 0.1) is 5.39 Å². The Balaban J connectivity index is 2.14. The largest absolute Gasteiger partial charge is 0.283 e. The van der Waals surface area contributed by atoms with Crippen LogP contribution in [-0.2, 0) is 19.4 Å². The minimum absolute atomic E-state index is 0.0938. The van der Waals surface area contributed by atoms with Gasteiger partial charge in [0, 0.05) is 17.2 Å². The molecule has 0 fully saturated rings. The molecule has 0 unspecified atom stereocenters. The zero-order chi connectivity index (χ0) is 19.1. The lowest BCUT2D eigenvalue weighted by atomic mass is 9.72. The van der Waals surface area contributed by atoms with Gasteiger partial charge in [-0.1, -0.05) is 50.8 Å². The topological polar surface area (TPSA) is 34.9 Å². The van der Waals surface area contributed by atoms with Crippen LogP contribution in [0.25, 0.3) is 10.2 Å². The van der Waals surface area contributed by atoms with Crippen molar-refractivity contribution in [2.24, 2.45) is 11.3 Å². The Kier molecular flexibility index (Phi) is 5.50. The number of nitrogens with zero attached hydrogens (tertiary/aromatic N) is 2. The van der Waals surface area contributed by atoms with Crippen molar-refractivity contribution < 1.29 is 0 Å². The van der Waals surface area contributed by atoms with Gasteiger partial charge in [0.1, 0.15) is 4.83 Å². The molecule has 2 heterocycles. The summed E-state index contributed by atoms with van der Waals surface area (Å²) in [7, 11) is 0. The number of thiophene rings is 1. The van der Waals surface area contributed by atoms with E-state index in [2.05, 4.69) is 33.9 Å². The zero-order valence-electron chi connectivity index (χ0n) is 16.2. The number of aryl methyl sites for hydroxylation is 1. The molecule has 0 aromatic carbocycles. The van der Waals surface area contributed by atoms with Gasteiger partial charge in [-0.05, 0) is 43.1 Å². The van der Waals surface area contributed by atoms with Gasteiger partial charge in [0.2, 0.25) is 0 Å². The SMILES string of the molecule is C=CCSc1nc2sc3c(c2c(=O)n1CC(=C)C)CC[C@@H](C(C)(C)C)C3. The average Bonchev–Trinajstić information content (AvgIpc) is 2.92. The molecule has 0 radical (unpaired) electrons. The highest BCUT2D eigenvalue weighted by Gasteiger charge is 2.32. The van der Waals surface area contributed by atoms with E-state index in [-0.39, 0.29) is 5.56 Å². The molecule has 0 spiro atoms. The van der Waals surface area contributed by atoms with Crippen molar-refractivity contribution in [3.63, 3.8) is 0 Å². The van der Waals surface area contributed by atoms with Gasteiger partial charge >= 0.3 is 0 Å². The summed E-state index contributed by atoms with van der Waals surface area (Å²) in [5.41, 5.74) is 2.60. The van der Waals surface area contributed by atoms with E-state index in [1.54, 1.807) is 27.7 Å². The first-order chi connectivity index (χ1) is 12.2. The van der Waals surface area contributed by atoms with Crippen LogP contribution in [0.4, 0.5) is 0 Å². The molecular weight excluding hydrogens is 360 g/mol. The molecule has 3 rings (SSSR count). The van der Waals surface area contributed by atoms with Crippen LogP contribution >= 0.6 is 23.1 Å². The number of hydrogen-bond donors (Lipinski definition) is 0. The first-order valence-electron chi connectivity index (χ1n) is 9.15. The molecule has 1 aliphatic carbocycles. The molecule has 0 bridgehead atoms. The maximum atomic E-state index is 13.3. The lowest BCUT2D eigenvalue weighted by Crippen LogP contribution is -2.27. The van der Waals surface area contributed by atoms with E-state index in [1.165, 1.54) is 10.4 Å². The van der Waals surface area contributed by atoms with Crippen molar-refractivity contribution in [2.75, 3.05) is 5.75 Å². The summed E-state index contributed by atoms with van der Waals surface area (Å²) in [5, 5.41) is 1.62. The third kappa shape index (κ3) is 3.70. The number of fused-ring (bicyclic) bond motifs is 3. The van der Waals surface area contributed by atoms with Gasteiger partial charge in [-0.3, -0.25) is 9.36 Å². The second-order valence-electron chi connectivity index (χ2n) is 8.33. The van der Waals surface area contributed by atoms with E-state index in [1.807, 2.05) is 13.0 Å². The van der Waals surface area contributed by atoms with E-state index in [4.69, 9.17) is 4.98 Å². The molecule has 0 saturated carbocycles. The lowest BCUT2D eigenvalue weighted by molar-refractivity contribution is 0.218. The van der Waals surface area contributed by atoms with Crippen molar-refractivity contribution in [2.45, 2.75) is 58.7 Å². The molecule has 5 heteroatoms. The number of allylic oxidation sites excluding steroid dienone is 1. The Labute approximate surface area is 164 Å². The van der Waals surface area contributed by atoms with Crippen LogP contribution in [0.2, 0.25) is 0 Å². The molecule has 1 atom stereocenters. The molecule has 3 nitrogen and oxygen atoms in total. The first kappa shape index (κ1) is 19.4. The smallest absolute Gasteiger partial charge is 0.263 e. The number of rotatable bonds is 5. The number of hydrogen-bond acceptors (Lipinski definition) is 4. The summed E-state index contributed by atoms with van der Waals surface area (Å²) in [6.07, 6.45) is 5.05. The maximum Gasteiger partial charge on any atom is 0.263 e. The van der Waals surface area contributed by atoms with Crippen LogP contribution < -0.4 is 5.56 Å². The highest BCUT2D eigenvalue weighted by Crippen LogP contribution is 2.42. The second-order valence-corrected chi connectivity index (χ2v) is 10.4. The predicted molar refractivity (Wildman–Crippen MR) is 115 cm³/mol. The maximum absolute atomic E-state index is 13.3. The van der Waals surface area contributed by atoms with Crippen molar-refractivity contribution in [3.8, 4) is 0 Å². The summed E-state index contributed by atoms with van der Waals surface area (Å²) in [6, 6.07) is 0. The predicted octanol–water partition coefficient (Wildman–Crippen LogP) is 5.46. The minimum Gasteiger partial charge on any atom is -0.283 e. The molecule has 0 amide bonds. The first-order valence-corrected chi connectivity index (χ1v) is 11.0. The molecular formula is C21H28N2OS2. The average molecular weight is 389 g/mol. The normalized spacial score (nSPS) is 17.3. The molecule has 2 aromatic rings. The van der Waals surface area contributed by atoms with Crippen LogP contribution in [0, 0.1) is 11.3 Å². The molecule has 2 aromatic heterocycles. The molecule has 1 aliphatic rings. The van der Waals surface area contributed by atoms with E-state index in [0.29, 0.717) is 17.9 Å². The zero-order valence-corrected chi connectivity index (χ0v) is 17.9. The third-order valence-corrected chi connectivity index (χ3v) is 7.24. The van der Waals surface area contributed by atoms with Crippen LogP contribution in [0.1, 0.15) is 44.6 Å². The lowest BCUT2D eigenvalue weighted by Gasteiger charge is -2.33. The van der Waals surface area contributed by atoms with Crippen molar-refractivity contribution in [3.05, 3.63) is 45.6 Å². The Morgan fingerprint density at radius 2 is 2.19 bits per heavy atom. The van der Waals surface area contributed by atoms with Crippen LogP contribution in [-0.4, -0.2) is 15.3 Å². The molecule has 0 N–H and O–H groups in total. The fourth-order valence-corrected chi connectivity index (χ4v) is 5.71. The Morgan fingerprint density at radius 3 is 2.81 bits per heavy atom. The second kappa shape index (κ2) is 7.35. The molecule has 26 heavy (non-hydrogen) atoms. The Hall–Kier alpha value is -1.33. The van der Waals surface area contributed by atoms with Crippen molar-refractivity contribution >= 4 is 33.3 Å². The van der Waals surface area contributed by atoms with Gasteiger partial charge < -0.3 is 0 Å². The summed E-state index contributed by atoms with van der Waals surface area (Å²) in [4.78, 5) is 20.4. The number of thioether (sulfide) groups is 1. The van der Waals surface area contributed by atoms with Gasteiger partial charge in [0.15, 0.2) is 5.16 Å². The summed E-state index contributed by atoms with van der Waals surface area (Å²) in [5.74, 6) is 1.40. The Morgan fingerprint density at radius 1 is 1.46 bits per heavy atom. The standard InChI is InChI=1S/C21H28N2OS2/c1-7-10-25-20-22-18-17(19(24)23(20)12-13(2)3)15-9-8-14(21(4,5)6)11-16(15)26-18/h7,14H,1-2,8-12H2,3-6H3/t14-/m1/s1. The van der Waals surface area contributed by atoms with Gasteiger partial charge in [-0.2, -0.15) is 0 Å². The van der Waals surface area contributed by atoms with E-state index in [0.717, 1.165) is 46.0 Å². The number of aromatic nitrogens is 2. The summed E-state index contributed by atoms with van der Waals surface area (Å²) < 4.78 is 1.79. The monoisotopic (exact) mass is 388 g/mol. The highest BCUT2D eigenvalue weighted by molar-refractivity contribution is 7.99. The molecule has 0 saturated heterocycles. The Bertz CT molecular complexity index is 915. The van der Waals surface area contributed by atoms with Crippen molar-refractivity contribution in [1.82, 2.24) is 9.55 Å². The molecule has 0 aliphatic heterocycles.